The molecule has 0 aliphatic heterocycles. The molecule has 4 heteroatoms. The first-order chi connectivity index (χ1) is 13.1. The number of hydrazone groups is 1. The van der Waals surface area contributed by atoms with Crippen LogP contribution in [0.4, 0.5) is 0 Å². The summed E-state index contributed by atoms with van der Waals surface area (Å²) < 4.78 is 0. The van der Waals surface area contributed by atoms with E-state index < -0.39 is 0 Å². The molecule has 0 heterocycles. The predicted molar refractivity (Wildman–Crippen MR) is 108 cm³/mol. The van der Waals surface area contributed by atoms with Crippen molar-refractivity contribution in [1.29, 1.82) is 0 Å². The average Bonchev–Trinajstić information content (AvgIpc) is 2.66. The second kappa shape index (κ2) is 7.23. The maximum atomic E-state index is 12.5. The van der Waals surface area contributed by atoms with E-state index in [0.717, 1.165) is 46.0 Å². The summed E-state index contributed by atoms with van der Waals surface area (Å²) in [5.41, 5.74) is 6.68. The van der Waals surface area contributed by atoms with Crippen LogP contribution in [0.2, 0.25) is 0 Å². The summed E-state index contributed by atoms with van der Waals surface area (Å²) in [5.74, 6) is 0.563. The minimum atomic E-state index is -0.127. The maximum absolute atomic E-state index is 12.5. The van der Waals surface area contributed by atoms with Crippen molar-refractivity contribution in [2.24, 2.45) is 11.0 Å². The number of phenols is 1. The van der Waals surface area contributed by atoms with E-state index in [0.29, 0.717) is 5.92 Å². The molecule has 3 aromatic rings. The van der Waals surface area contributed by atoms with Gasteiger partial charge in [-0.05, 0) is 58.9 Å². The molecule has 1 aliphatic rings. The first kappa shape index (κ1) is 17.3. The predicted octanol–water partition coefficient (Wildman–Crippen LogP) is 4.19. The summed E-state index contributed by atoms with van der Waals surface area (Å²) in [7, 11) is 0. The normalized spacial score (nSPS) is 17.7. The summed E-state index contributed by atoms with van der Waals surface area (Å²) >= 11 is 0. The van der Waals surface area contributed by atoms with Crippen LogP contribution in [0.1, 0.15) is 30.0 Å². The summed E-state index contributed by atoms with van der Waals surface area (Å²) in [6, 6.07) is 19.4. The SMILES string of the molecule is CC1CC(=NNC(=O)Cc2cccc3ccccc23)c2ccc(O)cc2C1. The van der Waals surface area contributed by atoms with Crippen molar-refractivity contribution in [2.75, 3.05) is 0 Å². The minimum absolute atomic E-state index is 0.127. The van der Waals surface area contributed by atoms with Gasteiger partial charge in [-0.15, -0.1) is 0 Å². The topological polar surface area (TPSA) is 61.7 Å². The lowest BCUT2D eigenvalue weighted by Gasteiger charge is -2.23. The highest BCUT2D eigenvalue weighted by molar-refractivity contribution is 6.03. The van der Waals surface area contributed by atoms with Crippen molar-refractivity contribution < 1.29 is 9.90 Å². The van der Waals surface area contributed by atoms with Crippen LogP contribution in [0.15, 0.2) is 65.8 Å². The number of amides is 1. The Morgan fingerprint density at radius 1 is 1.11 bits per heavy atom. The zero-order valence-corrected chi connectivity index (χ0v) is 15.3. The van der Waals surface area contributed by atoms with Gasteiger partial charge in [0.15, 0.2) is 0 Å². The highest BCUT2D eigenvalue weighted by Crippen LogP contribution is 2.28. The second-order valence-electron chi connectivity index (χ2n) is 7.26. The number of carbonyl (C=O) groups is 1. The first-order valence-electron chi connectivity index (χ1n) is 9.24. The van der Waals surface area contributed by atoms with E-state index in [1.807, 2.05) is 48.5 Å². The smallest absolute Gasteiger partial charge is 0.244 e. The Balaban J connectivity index is 1.54. The third-order valence-electron chi connectivity index (χ3n) is 5.06. The van der Waals surface area contributed by atoms with Crippen LogP contribution in [0.25, 0.3) is 10.8 Å². The Bertz CT molecular complexity index is 1030. The van der Waals surface area contributed by atoms with E-state index in [4.69, 9.17) is 0 Å². The van der Waals surface area contributed by atoms with Gasteiger partial charge in [-0.3, -0.25) is 4.79 Å². The van der Waals surface area contributed by atoms with Crippen LogP contribution < -0.4 is 5.43 Å². The molecule has 1 aliphatic carbocycles. The van der Waals surface area contributed by atoms with Crippen LogP contribution in [0, 0.1) is 5.92 Å². The number of nitrogens with one attached hydrogen (secondary N) is 1. The molecule has 27 heavy (non-hydrogen) atoms. The molecule has 4 rings (SSSR count). The van der Waals surface area contributed by atoms with E-state index in [-0.39, 0.29) is 18.1 Å². The Morgan fingerprint density at radius 2 is 1.93 bits per heavy atom. The standard InChI is InChI=1S/C23H22N2O2/c1-15-11-18-13-19(26)9-10-21(18)22(12-15)24-25-23(27)14-17-7-4-6-16-5-2-3-8-20(16)17/h2-10,13,15,26H,11-12,14H2,1H3,(H,25,27). The summed E-state index contributed by atoms with van der Waals surface area (Å²) in [5, 5.41) is 16.4. The van der Waals surface area contributed by atoms with Crippen molar-refractivity contribution >= 4 is 22.4 Å². The number of fused-ring (bicyclic) bond motifs is 2. The largest absolute Gasteiger partial charge is 0.508 e. The van der Waals surface area contributed by atoms with Crippen molar-refractivity contribution in [2.45, 2.75) is 26.2 Å². The molecule has 0 bridgehead atoms. The second-order valence-corrected chi connectivity index (χ2v) is 7.26. The van der Waals surface area contributed by atoms with E-state index in [9.17, 15) is 9.90 Å². The van der Waals surface area contributed by atoms with Gasteiger partial charge in [0, 0.05) is 5.56 Å². The van der Waals surface area contributed by atoms with Gasteiger partial charge in [0.25, 0.3) is 0 Å². The molecule has 0 saturated carbocycles. The average molecular weight is 358 g/mol. The summed E-state index contributed by atoms with van der Waals surface area (Å²) in [6.45, 7) is 2.15. The lowest BCUT2D eigenvalue weighted by atomic mass is 9.83. The number of nitrogens with zero attached hydrogens (tertiary/aromatic N) is 1. The van der Waals surface area contributed by atoms with Gasteiger partial charge in [-0.1, -0.05) is 49.4 Å². The van der Waals surface area contributed by atoms with Gasteiger partial charge < -0.3 is 5.11 Å². The first-order valence-corrected chi connectivity index (χ1v) is 9.24. The molecule has 0 fully saturated rings. The number of benzene rings is 3. The number of phenolic OH excluding ortho intramolecular Hbond substituents is 1. The minimum Gasteiger partial charge on any atom is -0.508 e. The lowest BCUT2D eigenvalue weighted by molar-refractivity contribution is -0.120. The van der Waals surface area contributed by atoms with Gasteiger partial charge >= 0.3 is 0 Å². The molecule has 0 radical (unpaired) electrons. The quantitative estimate of drug-likeness (QED) is 0.690. The Kier molecular flexibility index (Phi) is 4.63. The maximum Gasteiger partial charge on any atom is 0.244 e. The molecule has 0 spiro atoms. The number of carbonyl (C=O) groups excluding carboxylic acids is 1. The third-order valence-corrected chi connectivity index (χ3v) is 5.06. The van der Waals surface area contributed by atoms with Crippen LogP contribution in [-0.4, -0.2) is 16.7 Å². The van der Waals surface area contributed by atoms with E-state index in [1.54, 1.807) is 12.1 Å². The van der Waals surface area contributed by atoms with Crippen molar-refractivity contribution in [1.82, 2.24) is 5.43 Å². The Labute approximate surface area is 158 Å². The van der Waals surface area contributed by atoms with Crippen molar-refractivity contribution in [3.8, 4) is 5.75 Å². The number of rotatable bonds is 3. The van der Waals surface area contributed by atoms with E-state index in [2.05, 4.69) is 17.5 Å². The number of hydrogen-bond acceptors (Lipinski definition) is 3. The molecule has 4 nitrogen and oxygen atoms in total. The fourth-order valence-corrected chi connectivity index (χ4v) is 3.81. The van der Waals surface area contributed by atoms with Crippen molar-refractivity contribution in [3.63, 3.8) is 0 Å². The zero-order valence-electron chi connectivity index (χ0n) is 15.3. The molecular weight excluding hydrogens is 336 g/mol. The fourth-order valence-electron chi connectivity index (χ4n) is 3.81. The van der Waals surface area contributed by atoms with E-state index in [1.165, 1.54) is 0 Å². The molecule has 0 aromatic heterocycles. The molecule has 2 N–H and O–H groups in total. The molecule has 1 unspecified atom stereocenters. The van der Waals surface area contributed by atoms with Crippen molar-refractivity contribution in [3.05, 3.63) is 77.4 Å². The summed E-state index contributed by atoms with van der Waals surface area (Å²) in [6.07, 6.45) is 2.01. The van der Waals surface area contributed by atoms with Gasteiger partial charge in [0.2, 0.25) is 5.91 Å². The highest BCUT2D eigenvalue weighted by Gasteiger charge is 2.21. The molecule has 3 aromatic carbocycles. The monoisotopic (exact) mass is 358 g/mol. The molecular formula is C23H22N2O2. The molecule has 0 saturated heterocycles. The van der Waals surface area contributed by atoms with Gasteiger partial charge in [-0.25, -0.2) is 5.43 Å². The highest BCUT2D eigenvalue weighted by atomic mass is 16.3. The molecule has 1 atom stereocenters. The van der Waals surface area contributed by atoms with Gasteiger partial charge in [-0.2, -0.15) is 5.10 Å². The van der Waals surface area contributed by atoms with Crippen LogP contribution >= 0.6 is 0 Å². The van der Waals surface area contributed by atoms with Crippen LogP contribution in [0.5, 0.6) is 5.75 Å². The lowest BCUT2D eigenvalue weighted by Crippen LogP contribution is -2.25. The third kappa shape index (κ3) is 3.70. The van der Waals surface area contributed by atoms with E-state index >= 15 is 0 Å². The molecule has 1 amide bonds. The number of aromatic hydroxyl groups is 1. The molecule has 136 valence electrons. The van der Waals surface area contributed by atoms with Crippen LogP contribution in [0.3, 0.4) is 0 Å². The Hall–Kier alpha value is -3.14. The fraction of sp³-hybridized carbons (Fsp3) is 0.217. The van der Waals surface area contributed by atoms with Crippen LogP contribution in [-0.2, 0) is 17.6 Å². The zero-order chi connectivity index (χ0) is 18.8. The Morgan fingerprint density at radius 3 is 2.81 bits per heavy atom. The van der Waals surface area contributed by atoms with Gasteiger partial charge in [0.1, 0.15) is 5.75 Å². The number of hydrogen-bond donors (Lipinski definition) is 2. The summed E-state index contributed by atoms with van der Waals surface area (Å²) in [4.78, 5) is 12.5. The van der Waals surface area contributed by atoms with Gasteiger partial charge in [0.05, 0.1) is 12.1 Å².